The minimum Gasteiger partial charge on any atom is -0.421 e. The van der Waals surface area contributed by atoms with E-state index in [1.165, 1.54) is 12.1 Å². The van der Waals surface area contributed by atoms with Crippen LogP contribution < -0.4 is 4.74 Å². The van der Waals surface area contributed by atoms with Crippen molar-refractivity contribution in [3.8, 4) is 5.75 Å². The van der Waals surface area contributed by atoms with Crippen molar-refractivity contribution in [2.75, 3.05) is 0 Å². The van der Waals surface area contributed by atoms with Crippen LogP contribution in [-0.4, -0.2) is 11.1 Å². The summed E-state index contributed by atoms with van der Waals surface area (Å²) in [7, 11) is 0. The van der Waals surface area contributed by atoms with Crippen LogP contribution in [0.3, 0.4) is 0 Å². The number of hydrogen-bond donors (Lipinski definition) is 1. The molecule has 0 amide bonds. The van der Waals surface area contributed by atoms with Gasteiger partial charge in [-0.2, -0.15) is 0 Å². The zero-order valence-electron chi connectivity index (χ0n) is 10.1. The number of benzene rings is 2. The second-order valence-electron chi connectivity index (χ2n) is 3.92. The number of rotatable bonds is 3. The van der Waals surface area contributed by atoms with Crippen molar-refractivity contribution < 1.29 is 14.6 Å². The van der Waals surface area contributed by atoms with Crippen LogP contribution in [0, 0.1) is 0 Å². The average molecular weight is 332 g/mol. The van der Waals surface area contributed by atoms with Crippen LogP contribution in [0.25, 0.3) is 0 Å². The van der Waals surface area contributed by atoms with E-state index in [-0.39, 0.29) is 27.4 Å². The normalized spacial score (nSPS) is 10.4. The highest BCUT2D eigenvalue weighted by Gasteiger charge is 2.14. The van der Waals surface area contributed by atoms with Gasteiger partial charge in [-0.05, 0) is 29.8 Å². The van der Waals surface area contributed by atoms with Gasteiger partial charge in [0.05, 0.1) is 22.2 Å². The number of ether oxygens (including phenoxy) is 1. The van der Waals surface area contributed by atoms with E-state index in [0.717, 1.165) is 0 Å². The number of carbonyl (C=O) groups excluding carboxylic acids is 1. The Bertz CT molecular complexity index is 639. The number of halogens is 3. The quantitative estimate of drug-likeness (QED) is 0.516. The minimum absolute atomic E-state index is 0.0829. The van der Waals surface area contributed by atoms with Crippen LogP contribution >= 0.6 is 34.8 Å². The molecule has 0 atom stereocenters. The summed E-state index contributed by atoms with van der Waals surface area (Å²) < 4.78 is 5.16. The molecule has 0 bridgehead atoms. The van der Waals surface area contributed by atoms with E-state index in [0.29, 0.717) is 11.1 Å². The molecule has 0 aromatic heterocycles. The smallest absolute Gasteiger partial charge is 0.343 e. The molecular weight excluding hydrogens is 323 g/mol. The van der Waals surface area contributed by atoms with Crippen molar-refractivity contribution >= 4 is 40.8 Å². The first-order chi connectivity index (χ1) is 9.52. The fourth-order valence-corrected chi connectivity index (χ4v) is 2.06. The molecule has 0 heterocycles. The Morgan fingerprint density at radius 3 is 2.25 bits per heavy atom. The van der Waals surface area contributed by atoms with E-state index in [1.54, 1.807) is 24.3 Å². The molecule has 2 aromatic carbocycles. The molecule has 0 saturated carbocycles. The van der Waals surface area contributed by atoms with Crippen molar-refractivity contribution in [3.05, 3.63) is 62.6 Å². The zero-order valence-corrected chi connectivity index (χ0v) is 12.3. The highest BCUT2D eigenvalue weighted by Crippen LogP contribution is 2.37. The lowest BCUT2D eigenvalue weighted by Gasteiger charge is -2.08. The Kier molecular flexibility index (Phi) is 4.89. The van der Waals surface area contributed by atoms with Gasteiger partial charge in [-0.15, -0.1) is 0 Å². The summed E-state index contributed by atoms with van der Waals surface area (Å²) >= 11 is 17.6. The maximum Gasteiger partial charge on any atom is 0.343 e. The maximum atomic E-state index is 11.9. The molecule has 0 spiro atoms. The molecule has 104 valence electrons. The molecule has 3 nitrogen and oxygen atoms in total. The van der Waals surface area contributed by atoms with Crippen molar-refractivity contribution in [1.82, 2.24) is 0 Å². The SMILES string of the molecule is O=C(Oc1ccc(Cl)c(Cl)c1Cl)c1ccc(CO)cc1. The van der Waals surface area contributed by atoms with Crippen LogP contribution in [0.5, 0.6) is 5.75 Å². The summed E-state index contributed by atoms with van der Waals surface area (Å²) in [6.45, 7) is -0.0893. The van der Waals surface area contributed by atoms with Crippen LogP contribution in [0.4, 0.5) is 0 Å². The third kappa shape index (κ3) is 3.25. The van der Waals surface area contributed by atoms with Gasteiger partial charge in [-0.1, -0.05) is 46.9 Å². The Labute approximate surface area is 130 Å². The molecule has 0 aliphatic rings. The van der Waals surface area contributed by atoms with Crippen molar-refractivity contribution in [1.29, 1.82) is 0 Å². The number of hydrogen-bond acceptors (Lipinski definition) is 3. The number of aliphatic hydroxyl groups is 1. The Balaban J connectivity index is 2.21. The summed E-state index contributed by atoms with van der Waals surface area (Å²) in [5.41, 5.74) is 1.04. The van der Waals surface area contributed by atoms with Gasteiger partial charge >= 0.3 is 5.97 Å². The number of carbonyl (C=O) groups is 1. The fourth-order valence-electron chi connectivity index (χ4n) is 1.49. The maximum absolute atomic E-state index is 11.9. The Morgan fingerprint density at radius 2 is 1.65 bits per heavy atom. The van der Waals surface area contributed by atoms with Gasteiger partial charge in [0.2, 0.25) is 0 Å². The van der Waals surface area contributed by atoms with Crippen LogP contribution in [0.2, 0.25) is 15.1 Å². The minimum atomic E-state index is -0.574. The van der Waals surface area contributed by atoms with Gasteiger partial charge < -0.3 is 9.84 Å². The highest BCUT2D eigenvalue weighted by atomic mass is 35.5. The second kappa shape index (κ2) is 6.46. The first-order valence-electron chi connectivity index (χ1n) is 5.58. The molecule has 2 aromatic rings. The first kappa shape index (κ1) is 15.1. The third-order valence-electron chi connectivity index (χ3n) is 2.57. The van der Waals surface area contributed by atoms with E-state index in [4.69, 9.17) is 44.6 Å². The molecule has 0 fully saturated rings. The van der Waals surface area contributed by atoms with E-state index >= 15 is 0 Å². The molecule has 0 aliphatic carbocycles. The number of aliphatic hydroxyl groups excluding tert-OH is 1. The zero-order chi connectivity index (χ0) is 14.7. The van der Waals surface area contributed by atoms with Gasteiger partial charge in [0.1, 0.15) is 5.02 Å². The molecule has 0 unspecified atom stereocenters. The average Bonchev–Trinajstić information content (AvgIpc) is 2.48. The molecular formula is C14H9Cl3O3. The van der Waals surface area contributed by atoms with Gasteiger partial charge in [-0.25, -0.2) is 4.79 Å². The lowest BCUT2D eigenvalue weighted by Crippen LogP contribution is -2.08. The lowest BCUT2D eigenvalue weighted by molar-refractivity contribution is 0.0735. The second-order valence-corrected chi connectivity index (χ2v) is 5.08. The van der Waals surface area contributed by atoms with Crippen LogP contribution in [-0.2, 0) is 6.61 Å². The summed E-state index contributed by atoms with van der Waals surface area (Å²) in [6, 6.07) is 9.34. The lowest BCUT2D eigenvalue weighted by atomic mass is 10.1. The van der Waals surface area contributed by atoms with Gasteiger partial charge in [0, 0.05) is 0 Å². The summed E-state index contributed by atoms with van der Waals surface area (Å²) in [5, 5.41) is 9.43. The van der Waals surface area contributed by atoms with E-state index in [1.807, 2.05) is 0 Å². The molecule has 0 saturated heterocycles. The summed E-state index contributed by atoms with van der Waals surface area (Å²) in [5.74, 6) is -0.438. The summed E-state index contributed by atoms with van der Waals surface area (Å²) in [6.07, 6.45) is 0. The molecule has 1 N–H and O–H groups in total. The van der Waals surface area contributed by atoms with E-state index in [9.17, 15) is 4.79 Å². The Hall–Kier alpha value is -1.26. The third-order valence-corrected chi connectivity index (χ3v) is 3.85. The molecule has 6 heteroatoms. The van der Waals surface area contributed by atoms with Gasteiger partial charge in [0.15, 0.2) is 5.75 Å². The van der Waals surface area contributed by atoms with Gasteiger partial charge in [0.25, 0.3) is 0 Å². The van der Waals surface area contributed by atoms with Crippen LogP contribution in [0.1, 0.15) is 15.9 Å². The largest absolute Gasteiger partial charge is 0.421 e. The van der Waals surface area contributed by atoms with E-state index < -0.39 is 5.97 Å². The first-order valence-corrected chi connectivity index (χ1v) is 6.72. The van der Waals surface area contributed by atoms with Crippen molar-refractivity contribution in [3.63, 3.8) is 0 Å². The predicted molar refractivity (Wildman–Crippen MR) is 78.8 cm³/mol. The molecule has 0 radical (unpaired) electrons. The topological polar surface area (TPSA) is 46.5 Å². The van der Waals surface area contributed by atoms with Crippen LogP contribution in [0.15, 0.2) is 36.4 Å². The van der Waals surface area contributed by atoms with Crippen molar-refractivity contribution in [2.24, 2.45) is 0 Å². The molecule has 2 rings (SSSR count). The van der Waals surface area contributed by atoms with Gasteiger partial charge in [-0.3, -0.25) is 0 Å². The Morgan fingerprint density at radius 1 is 1.00 bits per heavy atom. The molecule has 20 heavy (non-hydrogen) atoms. The standard InChI is InChI=1S/C14H9Cl3O3/c15-10-5-6-11(13(17)12(10)16)20-14(19)9-3-1-8(7-18)2-4-9/h1-6,18H,7H2. The molecule has 0 aliphatic heterocycles. The number of esters is 1. The highest BCUT2D eigenvalue weighted by molar-refractivity contribution is 6.48. The van der Waals surface area contributed by atoms with Crippen molar-refractivity contribution in [2.45, 2.75) is 6.61 Å². The fraction of sp³-hybridized carbons (Fsp3) is 0.0714. The summed E-state index contributed by atoms with van der Waals surface area (Å²) in [4.78, 5) is 11.9. The monoisotopic (exact) mass is 330 g/mol. The van der Waals surface area contributed by atoms with E-state index in [2.05, 4.69) is 0 Å². The predicted octanol–water partition coefficient (Wildman–Crippen LogP) is 4.36.